The summed E-state index contributed by atoms with van der Waals surface area (Å²) in [6.07, 6.45) is 5.50. The molecule has 0 aliphatic rings. The summed E-state index contributed by atoms with van der Waals surface area (Å²) in [6.45, 7) is 11.3. The molecule has 0 saturated carbocycles. The molecule has 17 heavy (non-hydrogen) atoms. The Morgan fingerprint density at radius 1 is 1.35 bits per heavy atom. The molecule has 1 aromatic rings. The summed E-state index contributed by atoms with van der Waals surface area (Å²) < 4.78 is 0. The van der Waals surface area contributed by atoms with Crippen LogP contribution >= 0.6 is 0 Å². The normalized spacial score (nSPS) is 12.4. The van der Waals surface area contributed by atoms with Gasteiger partial charge in [-0.15, -0.1) is 6.58 Å². The Morgan fingerprint density at radius 3 is 2.76 bits per heavy atom. The van der Waals surface area contributed by atoms with Crippen LogP contribution in [0.5, 0.6) is 0 Å². The van der Waals surface area contributed by atoms with Gasteiger partial charge in [0.2, 0.25) is 0 Å². The molecule has 94 valence electrons. The molecule has 0 aliphatic carbocycles. The van der Waals surface area contributed by atoms with Crippen LogP contribution in [0.3, 0.4) is 0 Å². The number of unbranched alkanes of at least 4 members (excludes halogenated alkanes) is 1. The lowest BCUT2D eigenvalue weighted by Gasteiger charge is -2.20. The molecule has 0 amide bonds. The predicted octanol–water partition coefficient (Wildman–Crippen LogP) is 4.31. The van der Waals surface area contributed by atoms with Crippen LogP contribution in [-0.2, 0) is 0 Å². The minimum atomic E-state index is 0.486. The average Bonchev–Trinajstić information content (AvgIpc) is 2.32. The van der Waals surface area contributed by atoms with Crippen LogP contribution in [0.1, 0.15) is 48.9 Å². The van der Waals surface area contributed by atoms with E-state index in [0.29, 0.717) is 6.04 Å². The molecule has 0 spiro atoms. The summed E-state index contributed by atoms with van der Waals surface area (Å²) in [5.74, 6) is 0. The lowest BCUT2D eigenvalue weighted by atomic mass is 9.95. The number of aryl methyl sites for hydroxylation is 2. The van der Waals surface area contributed by atoms with Gasteiger partial charge in [0.1, 0.15) is 0 Å². The SMILES string of the molecule is C=CCCCC(NCC)c1cc(C)ccc1C. The quantitative estimate of drug-likeness (QED) is 0.544. The lowest BCUT2D eigenvalue weighted by molar-refractivity contribution is 0.498. The summed E-state index contributed by atoms with van der Waals surface area (Å²) in [5, 5.41) is 3.59. The van der Waals surface area contributed by atoms with Crippen molar-refractivity contribution >= 4 is 0 Å². The molecule has 0 heterocycles. The maximum absolute atomic E-state index is 3.79. The number of nitrogens with one attached hydrogen (secondary N) is 1. The van der Waals surface area contributed by atoms with Gasteiger partial charge in [0.15, 0.2) is 0 Å². The zero-order valence-electron chi connectivity index (χ0n) is 11.4. The molecule has 0 fully saturated rings. The lowest BCUT2D eigenvalue weighted by Crippen LogP contribution is -2.21. The van der Waals surface area contributed by atoms with Gasteiger partial charge in [-0.3, -0.25) is 0 Å². The van der Waals surface area contributed by atoms with Gasteiger partial charge in [-0.1, -0.05) is 36.8 Å². The Morgan fingerprint density at radius 2 is 2.12 bits per heavy atom. The minimum Gasteiger partial charge on any atom is -0.310 e. The zero-order valence-corrected chi connectivity index (χ0v) is 11.4. The number of rotatable bonds is 7. The van der Waals surface area contributed by atoms with Gasteiger partial charge in [0.05, 0.1) is 0 Å². The summed E-state index contributed by atoms with van der Waals surface area (Å²) in [4.78, 5) is 0. The van der Waals surface area contributed by atoms with Crippen LogP contribution in [0.25, 0.3) is 0 Å². The van der Waals surface area contributed by atoms with Crippen LogP contribution in [0.15, 0.2) is 30.9 Å². The van der Waals surface area contributed by atoms with E-state index in [2.05, 4.69) is 50.9 Å². The van der Waals surface area contributed by atoms with Crippen molar-refractivity contribution in [3.8, 4) is 0 Å². The highest BCUT2D eigenvalue weighted by atomic mass is 14.9. The van der Waals surface area contributed by atoms with Gasteiger partial charge >= 0.3 is 0 Å². The Hall–Kier alpha value is -1.08. The second kappa shape index (κ2) is 7.29. The van der Waals surface area contributed by atoms with Gasteiger partial charge in [-0.2, -0.15) is 0 Å². The second-order valence-corrected chi connectivity index (χ2v) is 4.69. The van der Waals surface area contributed by atoms with Crippen molar-refractivity contribution in [1.82, 2.24) is 5.32 Å². The molecule has 1 atom stereocenters. The third-order valence-electron chi connectivity index (χ3n) is 3.16. The molecular weight excluding hydrogens is 206 g/mol. The zero-order chi connectivity index (χ0) is 12.7. The first-order valence-corrected chi connectivity index (χ1v) is 6.60. The van der Waals surface area contributed by atoms with Gasteiger partial charge in [-0.05, 0) is 50.8 Å². The van der Waals surface area contributed by atoms with Crippen molar-refractivity contribution in [3.63, 3.8) is 0 Å². The van der Waals surface area contributed by atoms with Crippen LogP contribution in [0.4, 0.5) is 0 Å². The van der Waals surface area contributed by atoms with Crippen molar-refractivity contribution in [3.05, 3.63) is 47.5 Å². The largest absolute Gasteiger partial charge is 0.310 e. The third kappa shape index (κ3) is 4.35. The Bertz CT molecular complexity index is 355. The summed E-state index contributed by atoms with van der Waals surface area (Å²) in [5.41, 5.74) is 4.19. The van der Waals surface area contributed by atoms with Crippen LogP contribution in [0.2, 0.25) is 0 Å². The average molecular weight is 231 g/mol. The number of hydrogen-bond acceptors (Lipinski definition) is 1. The van der Waals surface area contributed by atoms with Crippen LogP contribution in [0, 0.1) is 13.8 Å². The molecule has 0 bridgehead atoms. The summed E-state index contributed by atoms with van der Waals surface area (Å²) >= 11 is 0. The van der Waals surface area contributed by atoms with Gasteiger partial charge in [0, 0.05) is 6.04 Å². The maximum Gasteiger partial charge on any atom is 0.0322 e. The van der Waals surface area contributed by atoms with Gasteiger partial charge in [0.25, 0.3) is 0 Å². The molecule has 0 saturated heterocycles. The van der Waals surface area contributed by atoms with Crippen molar-refractivity contribution in [2.45, 2.75) is 46.1 Å². The van der Waals surface area contributed by atoms with E-state index in [-0.39, 0.29) is 0 Å². The monoisotopic (exact) mass is 231 g/mol. The fourth-order valence-corrected chi connectivity index (χ4v) is 2.22. The molecular formula is C16H25N. The van der Waals surface area contributed by atoms with Crippen molar-refractivity contribution in [2.24, 2.45) is 0 Å². The fraction of sp³-hybridized carbons (Fsp3) is 0.500. The molecule has 0 radical (unpaired) electrons. The van der Waals surface area contributed by atoms with Crippen LogP contribution < -0.4 is 5.32 Å². The third-order valence-corrected chi connectivity index (χ3v) is 3.16. The van der Waals surface area contributed by atoms with E-state index in [4.69, 9.17) is 0 Å². The van der Waals surface area contributed by atoms with E-state index in [1.807, 2.05) is 6.08 Å². The molecule has 0 aliphatic heterocycles. The van der Waals surface area contributed by atoms with E-state index in [1.54, 1.807) is 0 Å². The highest BCUT2D eigenvalue weighted by molar-refractivity contribution is 5.33. The molecule has 1 N–H and O–H groups in total. The van der Waals surface area contributed by atoms with Crippen molar-refractivity contribution in [1.29, 1.82) is 0 Å². The summed E-state index contributed by atoms with van der Waals surface area (Å²) in [6, 6.07) is 7.21. The first-order valence-electron chi connectivity index (χ1n) is 6.60. The van der Waals surface area contributed by atoms with E-state index in [1.165, 1.54) is 29.5 Å². The maximum atomic E-state index is 3.79. The highest BCUT2D eigenvalue weighted by Crippen LogP contribution is 2.23. The summed E-state index contributed by atoms with van der Waals surface area (Å²) in [7, 11) is 0. The Balaban J connectivity index is 2.80. The van der Waals surface area contributed by atoms with Crippen molar-refractivity contribution < 1.29 is 0 Å². The molecule has 1 heteroatoms. The smallest absolute Gasteiger partial charge is 0.0322 e. The van der Waals surface area contributed by atoms with Crippen LogP contribution in [-0.4, -0.2) is 6.54 Å². The van der Waals surface area contributed by atoms with E-state index < -0.39 is 0 Å². The molecule has 1 nitrogen and oxygen atoms in total. The first-order chi connectivity index (χ1) is 8.19. The molecule has 1 aromatic carbocycles. The standard InChI is InChI=1S/C16H25N/c1-5-7-8-9-16(17-6-2)15-12-13(3)10-11-14(15)4/h5,10-12,16-17H,1,6-9H2,2-4H3. The molecule has 1 unspecified atom stereocenters. The van der Waals surface area contributed by atoms with E-state index in [9.17, 15) is 0 Å². The van der Waals surface area contributed by atoms with E-state index in [0.717, 1.165) is 13.0 Å². The Kier molecular flexibility index (Phi) is 5.99. The van der Waals surface area contributed by atoms with Gasteiger partial charge < -0.3 is 5.32 Å². The molecule has 1 rings (SSSR count). The minimum absolute atomic E-state index is 0.486. The Labute approximate surface area is 106 Å². The van der Waals surface area contributed by atoms with Crippen molar-refractivity contribution in [2.75, 3.05) is 6.54 Å². The van der Waals surface area contributed by atoms with E-state index >= 15 is 0 Å². The second-order valence-electron chi connectivity index (χ2n) is 4.69. The fourth-order valence-electron chi connectivity index (χ4n) is 2.22. The highest BCUT2D eigenvalue weighted by Gasteiger charge is 2.12. The predicted molar refractivity (Wildman–Crippen MR) is 76.4 cm³/mol. The topological polar surface area (TPSA) is 12.0 Å². The number of benzene rings is 1. The molecule has 0 aromatic heterocycles. The van der Waals surface area contributed by atoms with Gasteiger partial charge in [-0.25, -0.2) is 0 Å². The first kappa shape index (κ1) is 14.0. The number of allylic oxidation sites excluding steroid dienone is 1. The number of hydrogen-bond donors (Lipinski definition) is 1.